The molecule has 2 aliphatic rings. The SMILES string of the molecule is C[C@]1(CN=[N+]=[N-])CN2C(=O)C[C@@H]2S1. The van der Waals surface area contributed by atoms with Gasteiger partial charge < -0.3 is 4.90 Å². The number of thioether (sulfide) groups is 1. The van der Waals surface area contributed by atoms with Gasteiger partial charge in [0.2, 0.25) is 5.91 Å². The summed E-state index contributed by atoms with van der Waals surface area (Å²) in [6.07, 6.45) is 0.649. The maximum Gasteiger partial charge on any atom is 0.226 e. The van der Waals surface area contributed by atoms with E-state index in [0.29, 0.717) is 18.3 Å². The molecule has 0 N–H and O–H groups in total. The number of rotatable bonds is 2. The molecule has 2 aliphatic heterocycles. The Morgan fingerprint density at radius 2 is 2.69 bits per heavy atom. The Kier molecular flexibility index (Phi) is 1.89. The molecule has 2 heterocycles. The molecule has 6 heteroatoms. The van der Waals surface area contributed by atoms with Crippen molar-refractivity contribution in [2.75, 3.05) is 13.1 Å². The number of azide groups is 1. The second-order valence-electron chi connectivity index (χ2n) is 3.64. The van der Waals surface area contributed by atoms with E-state index >= 15 is 0 Å². The summed E-state index contributed by atoms with van der Waals surface area (Å²) in [6, 6.07) is 0. The van der Waals surface area contributed by atoms with Gasteiger partial charge in [-0.05, 0) is 12.5 Å². The summed E-state index contributed by atoms with van der Waals surface area (Å²) >= 11 is 1.75. The standard InChI is InChI=1S/C7H10N4OS/c1-7(3-9-10-8)4-11-5(12)2-6(11)13-7/h6H,2-4H2,1H3/t6-,7-/m0/s1. The minimum absolute atomic E-state index is 0.0664. The molecule has 0 unspecified atom stereocenters. The number of nitrogens with zero attached hydrogens (tertiary/aromatic N) is 4. The Balaban J connectivity index is 2.03. The van der Waals surface area contributed by atoms with Crippen LogP contribution in [0.3, 0.4) is 0 Å². The van der Waals surface area contributed by atoms with Crippen LogP contribution in [-0.4, -0.2) is 34.0 Å². The zero-order valence-corrected chi connectivity index (χ0v) is 8.12. The molecule has 0 bridgehead atoms. The molecule has 0 spiro atoms. The average Bonchev–Trinajstić information content (AvgIpc) is 2.37. The number of carbonyl (C=O) groups is 1. The fourth-order valence-corrected chi connectivity index (χ4v) is 3.26. The fraction of sp³-hybridized carbons (Fsp3) is 0.857. The van der Waals surface area contributed by atoms with Crippen LogP contribution < -0.4 is 0 Å². The van der Waals surface area contributed by atoms with Gasteiger partial charge in [-0.2, -0.15) is 0 Å². The molecule has 0 aromatic rings. The molecule has 70 valence electrons. The molecule has 0 aromatic carbocycles. The molecule has 2 rings (SSSR count). The van der Waals surface area contributed by atoms with Crippen LogP contribution in [0.25, 0.3) is 10.4 Å². The van der Waals surface area contributed by atoms with Crippen LogP contribution in [0.4, 0.5) is 0 Å². The first-order chi connectivity index (χ1) is 6.14. The van der Waals surface area contributed by atoms with Crippen molar-refractivity contribution in [1.29, 1.82) is 0 Å². The van der Waals surface area contributed by atoms with Gasteiger partial charge in [0, 0.05) is 22.7 Å². The Morgan fingerprint density at radius 1 is 1.92 bits per heavy atom. The maximum absolute atomic E-state index is 11.1. The molecule has 0 aromatic heterocycles. The molecule has 5 nitrogen and oxygen atoms in total. The molecular weight excluding hydrogens is 188 g/mol. The molecule has 2 saturated heterocycles. The topological polar surface area (TPSA) is 69.1 Å². The summed E-state index contributed by atoms with van der Waals surface area (Å²) in [5.74, 6) is 0.224. The van der Waals surface area contributed by atoms with Gasteiger partial charge in [-0.3, -0.25) is 4.79 Å². The minimum Gasteiger partial charge on any atom is -0.329 e. The molecule has 1 amide bonds. The highest BCUT2D eigenvalue weighted by Gasteiger charge is 2.49. The van der Waals surface area contributed by atoms with Gasteiger partial charge in [0.05, 0.1) is 11.8 Å². The van der Waals surface area contributed by atoms with E-state index in [9.17, 15) is 4.79 Å². The van der Waals surface area contributed by atoms with Crippen LogP contribution in [0, 0.1) is 0 Å². The molecule has 13 heavy (non-hydrogen) atoms. The summed E-state index contributed by atoms with van der Waals surface area (Å²) < 4.78 is -0.0664. The molecular formula is C7H10N4OS. The molecule has 0 radical (unpaired) electrons. The van der Waals surface area contributed by atoms with Gasteiger partial charge in [0.25, 0.3) is 0 Å². The second kappa shape index (κ2) is 2.82. The van der Waals surface area contributed by atoms with Gasteiger partial charge in [0.15, 0.2) is 0 Å². The number of hydrogen-bond donors (Lipinski definition) is 0. The lowest BCUT2D eigenvalue weighted by Crippen LogP contribution is -2.48. The summed E-state index contributed by atoms with van der Waals surface area (Å²) in [5, 5.41) is 3.91. The number of amides is 1. The van der Waals surface area contributed by atoms with E-state index < -0.39 is 0 Å². The number of β-lactam (4-membered cyclic amide) rings is 1. The van der Waals surface area contributed by atoms with E-state index in [2.05, 4.69) is 10.0 Å². The van der Waals surface area contributed by atoms with E-state index in [-0.39, 0.29) is 10.7 Å². The Morgan fingerprint density at radius 3 is 3.23 bits per heavy atom. The van der Waals surface area contributed by atoms with Crippen LogP contribution in [0.5, 0.6) is 0 Å². The van der Waals surface area contributed by atoms with Crippen LogP contribution in [0.1, 0.15) is 13.3 Å². The van der Waals surface area contributed by atoms with Crippen LogP contribution in [0.15, 0.2) is 5.11 Å². The third kappa shape index (κ3) is 1.36. The van der Waals surface area contributed by atoms with E-state index in [1.54, 1.807) is 11.8 Å². The average molecular weight is 198 g/mol. The quantitative estimate of drug-likeness (QED) is 0.291. The second-order valence-corrected chi connectivity index (χ2v) is 5.40. The monoisotopic (exact) mass is 198 g/mol. The Bertz CT molecular complexity index is 301. The molecule has 0 saturated carbocycles. The smallest absolute Gasteiger partial charge is 0.226 e. The van der Waals surface area contributed by atoms with Crippen molar-refractivity contribution in [2.24, 2.45) is 5.11 Å². The Hall–Kier alpha value is -0.870. The van der Waals surface area contributed by atoms with Gasteiger partial charge in [-0.1, -0.05) is 5.11 Å². The van der Waals surface area contributed by atoms with E-state index in [1.807, 2.05) is 11.8 Å². The number of carbonyl (C=O) groups excluding carboxylic acids is 1. The third-order valence-electron chi connectivity index (χ3n) is 2.41. The van der Waals surface area contributed by atoms with Crippen molar-refractivity contribution >= 4 is 17.7 Å². The number of hydrogen-bond acceptors (Lipinski definition) is 3. The van der Waals surface area contributed by atoms with E-state index in [4.69, 9.17) is 5.53 Å². The lowest BCUT2D eigenvalue weighted by atomic mass is 10.1. The van der Waals surface area contributed by atoms with E-state index in [0.717, 1.165) is 6.54 Å². The fourth-order valence-electron chi connectivity index (χ4n) is 1.71. The van der Waals surface area contributed by atoms with Gasteiger partial charge in [-0.25, -0.2) is 0 Å². The highest BCUT2D eigenvalue weighted by Crippen LogP contribution is 2.46. The Labute approximate surface area is 80.1 Å². The van der Waals surface area contributed by atoms with Crippen molar-refractivity contribution < 1.29 is 4.79 Å². The van der Waals surface area contributed by atoms with Gasteiger partial charge in [-0.15, -0.1) is 11.8 Å². The first kappa shape index (κ1) is 8.72. The molecule has 2 fully saturated rings. The predicted molar refractivity (Wildman–Crippen MR) is 50.1 cm³/mol. The molecule has 2 atom stereocenters. The van der Waals surface area contributed by atoms with Crippen molar-refractivity contribution in [3.63, 3.8) is 0 Å². The summed E-state index contributed by atoms with van der Waals surface area (Å²) in [7, 11) is 0. The highest BCUT2D eigenvalue weighted by atomic mass is 32.2. The summed E-state index contributed by atoms with van der Waals surface area (Å²) in [4.78, 5) is 15.7. The van der Waals surface area contributed by atoms with Crippen molar-refractivity contribution in [3.8, 4) is 0 Å². The van der Waals surface area contributed by atoms with Crippen LogP contribution >= 0.6 is 11.8 Å². The summed E-state index contributed by atoms with van der Waals surface area (Å²) in [5.41, 5.74) is 8.21. The minimum atomic E-state index is -0.0664. The number of fused-ring (bicyclic) bond motifs is 1. The van der Waals surface area contributed by atoms with Crippen LogP contribution in [-0.2, 0) is 4.79 Å². The normalized spacial score (nSPS) is 36.5. The maximum atomic E-state index is 11.1. The van der Waals surface area contributed by atoms with Gasteiger partial charge >= 0.3 is 0 Å². The first-order valence-electron chi connectivity index (χ1n) is 4.13. The van der Waals surface area contributed by atoms with Crippen LogP contribution in [0.2, 0.25) is 0 Å². The third-order valence-corrected chi connectivity index (χ3v) is 3.93. The zero-order valence-electron chi connectivity index (χ0n) is 7.30. The lowest BCUT2D eigenvalue weighted by molar-refractivity contribution is -0.140. The highest BCUT2D eigenvalue weighted by molar-refractivity contribution is 8.01. The predicted octanol–water partition coefficient (Wildman–Crippen LogP) is 1.36. The van der Waals surface area contributed by atoms with Crippen molar-refractivity contribution in [2.45, 2.75) is 23.5 Å². The van der Waals surface area contributed by atoms with E-state index in [1.165, 1.54) is 0 Å². The zero-order chi connectivity index (χ0) is 9.47. The largest absolute Gasteiger partial charge is 0.329 e. The van der Waals surface area contributed by atoms with Gasteiger partial charge in [0.1, 0.15) is 0 Å². The first-order valence-corrected chi connectivity index (χ1v) is 5.01. The van der Waals surface area contributed by atoms with Crippen molar-refractivity contribution in [3.05, 3.63) is 10.4 Å². The molecule has 0 aliphatic carbocycles. The summed E-state index contributed by atoms with van der Waals surface area (Å²) in [6.45, 7) is 3.23. The lowest BCUT2D eigenvalue weighted by Gasteiger charge is -2.32. The van der Waals surface area contributed by atoms with Crippen molar-refractivity contribution in [1.82, 2.24) is 4.90 Å².